The number of ether oxygens (including phenoxy) is 6. The minimum absolute atomic E-state index is 0.639. The Bertz CT molecular complexity index is 259. The fourth-order valence-electron chi connectivity index (χ4n) is 2.53. The van der Waals surface area contributed by atoms with Crippen LogP contribution in [0.15, 0.2) is 0 Å². The van der Waals surface area contributed by atoms with Gasteiger partial charge in [-0.25, -0.2) is 0 Å². The van der Waals surface area contributed by atoms with Crippen molar-refractivity contribution in [3.05, 3.63) is 0 Å². The number of methoxy groups -OCH3 is 2. The topological polar surface area (TPSA) is 61.9 Å². The molecule has 156 valence electrons. The third kappa shape index (κ3) is 13.8. The molecule has 1 aliphatic heterocycles. The van der Waals surface area contributed by atoms with E-state index in [1.54, 1.807) is 14.2 Å². The molecule has 0 aromatic carbocycles. The van der Waals surface area contributed by atoms with E-state index in [2.05, 4.69) is 9.80 Å². The van der Waals surface area contributed by atoms with Crippen LogP contribution < -0.4 is 0 Å². The number of hydrogen-bond acceptors (Lipinski definition) is 8. The van der Waals surface area contributed by atoms with Gasteiger partial charge < -0.3 is 28.4 Å². The summed E-state index contributed by atoms with van der Waals surface area (Å²) >= 11 is 0. The van der Waals surface area contributed by atoms with Crippen LogP contribution in [-0.4, -0.2) is 129 Å². The van der Waals surface area contributed by atoms with Crippen LogP contribution in [0.3, 0.4) is 0 Å². The van der Waals surface area contributed by atoms with Gasteiger partial charge in [-0.3, -0.25) is 9.80 Å². The third-order valence-corrected chi connectivity index (χ3v) is 4.17. The van der Waals surface area contributed by atoms with Crippen LogP contribution in [0.2, 0.25) is 0 Å². The molecule has 1 saturated heterocycles. The Labute approximate surface area is 158 Å². The molecule has 0 radical (unpaired) electrons. The second-order valence-electron chi connectivity index (χ2n) is 6.12. The average Bonchev–Trinajstić information content (AvgIpc) is 2.64. The van der Waals surface area contributed by atoms with Gasteiger partial charge in [-0.15, -0.1) is 0 Å². The van der Waals surface area contributed by atoms with Crippen LogP contribution in [0, 0.1) is 0 Å². The Morgan fingerprint density at radius 1 is 0.577 bits per heavy atom. The predicted molar refractivity (Wildman–Crippen MR) is 99.9 cm³/mol. The Kier molecular flexibility index (Phi) is 16.5. The zero-order valence-corrected chi connectivity index (χ0v) is 16.7. The van der Waals surface area contributed by atoms with E-state index in [-0.39, 0.29) is 0 Å². The molecule has 1 rings (SSSR count). The first kappa shape index (κ1) is 23.7. The lowest BCUT2D eigenvalue weighted by atomic mass is 10.4. The predicted octanol–water partition coefficient (Wildman–Crippen LogP) is -0.0368. The molecule has 8 heteroatoms. The molecule has 1 heterocycles. The van der Waals surface area contributed by atoms with E-state index in [4.69, 9.17) is 28.4 Å². The monoisotopic (exact) mass is 378 g/mol. The molecular weight excluding hydrogens is 340 g/mol. The molecule has 0 N–H and O–H groups in total. The zero-order chi connectivity index (χ0) is 18.7. The van der Waals surface area contributed by atoms with E-state index in [9.17, 15) is 0 Å². The fourth-order valence-corrected chi connectivity index (χ4v) is 2.53. The Morgan fingerprint density at radius 2 is 0.962 bits per heavy atom. The van der Waals surface area contributed by atoms with Gasteiger partial charge in [0.1, 0.15) is 0 Å². The maximum absolute atomic E-state index is 5.81. The summed E-state index contributed by atoms with van der Waals surface area (Å²) in [6.07, 6.45) is 0. The summed E-state index contributed by atoms with van der Waals surface area (Å²) in [6, 6.07) is 0. The van der Waals surface area contributed by atoms with Crippen molar-refractivity contribution in [3.63, 3.8) is 0 Å². The summed E-state index contributed by atoms with van der Waals surface area (Å²) in [7, 11) is 3.37. The van der Waals surface area contributed by atoms with E-state index in [0.717, 1.165) is 65.7 Å². The highest BCUT2D eigenvalue weighted by Crippen LogP contribution is 1.96. The van der Waals surface area contributed by atoms with Crippen molar-refractivity contribution in [1.82, 2.24) is 9.80 Å². The first-order valence-corrected chi connectivity index (χ1v) is 9.60. The second kappa shape index (κ2) is 18.1. The first-order chi connectivity index (χ1) is 12.9. The lowest BCUT2D eigenvalue weighted by molar-refractivity contribution is 0.0129. The summed E-state index contributed by atoms with van der Waals surface area (Å²) in [5, 5.41) is 0. The molecule has 0 saturated carbocycles. The van der Waals surface area contributed by atoms with Crippen LogP contribution in [0.4, 0.5) is 0 Å². The van der Waals surface area contributed by atoms with Gasteiger partial charge in [-0.05, 0) is 0 Å². The van der Waals surface area contributed by atoms with Crippen LogP contribution in [-0.2, 0) is 28.4 Å². The molecule has 0 aromatic rings. The van der Waals surface area contributed by atoms with E-state index in [1.165, 1.54) is 0 Å². The van der Waals surface area contributed by atoms with Crippen LogP contribution >= 0.6 is 0 Å². The van der Waals surface area contributed by atoms with E-state index < -0.39 is 0 Å². The molecule has 0 bridgehead atoms. The zero-order valence-electron chi connectivity index (χ0n) is 16.7. The SMILES string of the molecule is COCCOCCN1CCOCCN(CCOCCOC)CCOCC1. The Balaban J connectivity index is 2.16. The van der Waals surface area contributed by atoms with Crippen molar-refractivity contribution >= 4 is 0 Å². The highest BCUT2D eigenvalue weighted by atomic mass is 16.5. The van der Waals surface area contributed by atoms with E-state index >= 15 is 0 Å². The van der Waals surface area contributed by atoms with Gasteiger partial charge in [0.2, 0.25) is 0 Å². The van der Waals surface area contributed by atoms with Gasteiger partial charge in [0.05, 0.1) is 66.1 Å². The van der Waals surface area contributed by atoms with Gasteiger partial charge in [-0.2, -0.15) is 0 Å². The molecule has 8 nitrogen and oxygen atoms in total. The third-order valence-electron chi connectivity index (χ3n) is 4.17. The number of rotatable bonds is 12. The average molecular weight is 379 g/mol. The molecule has 0 amide bonds. The minimum atomic E-state index is 0.639. The quantitative estimate of drug-likeness (QED) is 0.439. The molecule has 0 atom stereocenters. The lowest BCUT2D eigenvalue weighted by Gasteiger charge is -2.26. The van der Waals surface area contributed by atoms with Gasteiger partial charge in [0.25, 0.3) is 0 Å². The highest BCUT2D eigenvalue weighted by molar-refractivity contribution is 4.61. The first-order valence-electron chi connectivity index (χ1n) is 9.60. The Hall–Kier alpha value is -0.320. The smallest absolute Gasteiger partial charge is 0.0700 e. The second-order valence-corrected chi connectivity index (χ2v) is 6.12. The summed E-state index contributed by atoms with van der Waals surface area (Å²) in [5.41, 5.74) is 0. The molecule has 0 aliphatic carbocycles. The van der Waals surface area contributed by atoms with Crippen molar-refractivity contribution < 1.29 is 28.4 Å². The van der Waals surface area contributed by atoms with E-state index in [1.807, 2.05) is 0 Å². The summed E-state index contributed by atoms with van der Waals surface area (Å²) in [5.74, 6) is 0. The van der Waals surface area contributed by atoms with Crippen LogP contribution in [0.25, 0.3) is 0 Å². The lowest BCUT2D eigenvalue weighted by Crippen LogP contribution is -2.38. The van der Waals surface area contributed by atoms with Crippen LogP contribution in [0.5, 0.6) is 0 Å². The Morgan fingerprint density at radius 3 is 1.31 bits per heavy atom. The maximum Gasteiger partial charge on any atom is 0.0700 e. The fraction of sp³-hybridized carbons (Fsp3) is 1.00. The molecule has 0 unspecified atom stereocenters. The molecule has 0 aromatic heterocycles. The highest BCUT2D eigenvalue weighted by Gasteiger charge is 2.09. The normalized spacial score (nSPS) is 19.2. The summed E-state index contributed by atoms with van der Waals surface area (Å²) in [4.78, 5) is 4.66. The summed E-state index contributed by atoms with van der Waals surface area (Å²) in [6.45, 7) is 12.3. The van der Waals surface area contributed by atoms with Crippen molar-refractivity contribution in [2.75, 3.05) is 120 Å². The van der Waals surface area contributed by atoms with E-state index in [0.29, 0.717) is 39.6 Å². The molecule has 1 fully saturated rings. The van der Waals surface area contributed by atoms with Gasteiger partial charge in [0, 0.05) is 53.5 Å². The molecular formula is C18H38N2O6. The van der Waals surface area contributed by atoms with Gasteiger partial charge >= 0.3 is 0 Å². The van der Waals surface area contributed by atoms with Crippen molar-refractivity contribution in [3.8, 4) is 0 Å². The van der Waals surface area contributed by atoms with Crippen molar-refractivity contribution in [1.29, 1.82) is 0 Å². The largest absolute Gasteiger partial charge is 0.382 e. The van der Waals surface area contributed by atoms with Crippen LogP contribution in [0.1, 0.15) is 0 Å². The molecule has 1 aliphatic rings. The minimum Gasteiger partial charge on any atom is -0.382 e. The van der Waals surface area contributed by atoms with Gasteiger partial charge in [0.15, 0.2) is 0 Å². The van der Waals surface area contributed by atoms with Crippen molar-refractivity contribution in [2.24, 2.45) is 0 Å². The van der Waals surface area contributed by atoms with Crippen molar-refractivity contribution in [2.45, 2.75) is 0 Å². The number of hydrogen-bond donors (Lipinski definition) is 0. The summed E-state index contributed by atoms with van der Waals surface area (Å²) < 4.78 is 32.7. The number of nitrogens with zero attached hydrogens (tertiary/aromatic N) is 2. The maximum atomic E-state index is 5.81. The van der Waals surface area contributed by atoms with Gasteiger partial charge in [-0.1, -0.05) is 0 Å². The molecule has 0 spiro atoms. The molecule has 26 heavy (non-hydrogen) atoms. The standard InChI is InChI=1S/C18H38N2O6/c1-21-15-17-25-13-7-19-3-9-23-11-5-20(6-12-24-10-4-19)8-14-26-18-16-22-2/h3-18H2,1-2H3.